The second-order valence-corrected chi connectivity index (χ2v) is 9.63. The van der Waals surface area contributed by atoms with E-state index in [4.69, 9.17) is 0 Å². The summed E-state index contributed by atoms with van der Waals surface area (Å²) >= 11 is 1.40. The standard InChI is InChI=1S/C23H25N9O3S/c1-13-11-18-25-26-19(14(2)32(18)29-13)23(35)31-9-6-15(7-10-31)22-24-16(12-36-22)20(33)27-28-21(34)17-5-4-8-30(17)3/h4-5,8,11-12,15H,6-7,9-10H2,1-3H3,(H,27,33)(H,28,34). The molecule has 0 atom stereocenters. The zero-order chi connectivity index (χ0) is 25.4. The monoisotopic (exact) mass is 507 g/mol. The van der Waals surface area contributed by atoms with Crippen molar-refractivity contribution in [3.63, 3.8) is 0 Å². The number of rotatable bonds is 4. The van der Waals surface area contributed by atoms with Crippen LogP contribution < -0.4 is 10.9 Å². The molecule has 1 aliphatic rings. The fraction of sp³-hybridized carbons (Fsp3) is 0.348. The summed E-state index contributed by atoms with van der Waals surface area (Å²) < 4.78 is 3.30. The van der Waals surface area contributed by atoms with E-state index >= 15 is 0 Å². The Morgan fingerprint density at radius 3 is 2.56 bits per heavy atom. The molecule has 5 heterocycles. The summed E-state index contributed by atoms with van der Waals surface area (Å²) in [4.78, 5) is 44.0. The van der Waals surface area contributed by atoms with E-state index in [0.717, 1.165) is 23.5 Å². The van der Waals surface area contributed by atoms with Crippen LogP contribution in [0.4, 0.5) is 0 Å². The van der Waals surface area contributed by atoms with Gasteiger partial charge in [0, 0.05) is 43.7 Å². The Morgan fingerprint density at radius 1 is 1.08 bits per heavy atom. The van der Waals surface area contributed by atoms with Gasteiger partial charge in [-0.3, -0.25) is 25.2 Å². The van der Waals surface area contributed by atoms with E-state index in [1.807, 2.05) is 19.9 Å². The Morgan fingerprint density at radius 2 is 1.83 bits per heavy atom. The highest BCUT2D eigenvalue weighted by Gasteiger charge is 2.29. The largest absolute Gasteiger partial charge is 0.347 e. The Labute approximate surface area is 210 Å². The van der Waals surface area contributed by atoms with Gasteiger partial charge >= 0.3 is 0 Å². The maximum Gasteiger partial charge on any atom is 0.289 e. The fourth-order valence-electron chi connectivity index (χ4n) is 4.27. The lowest BCUT2D eigenvalue weighted by Crippen LogP contribution is -2.42. The van der Waals surface area contributed by atoms with Gasteiger partial charge in [0.05, 0.1) is 16.4 Å². The third-order valence-corrected chi connectivity index (χ3v) is 7.29. The predicted molar refractivity (Wildman–Crippen MR) is 131 cm³/mol. The van der Waals surface area contributed by atoms with Crippen molar-refractivity contribution in [3.8, 4) is 0 Å². The number of hydrogen-bond acceptors (Lipinski definition) is 8. The maximum absolute atomic E-state index is 13.1. The van der Waals surface area contributed by atoms with Gasteiger partial charge in [-0.25, -0.2) is 9.50 Å². The first-order valence-electron chi connectivity index (χ1n) is 11.5. The van der Waals surface area contributed by atoms with Crippen molar-refractivity contribution in [2.45, 2.75) is 32.6 Å². The van der Waals surface area contributed by atoms with Crippen LogP contribution in [0, 0.1) is 13.8 Å². The first kappa shape index (κ1) is 23.6. The van der Waals surface area contributed by atoms with Crippen LogP contribution in [0.1, 0.15) is 66.6 Å². The van der Waals surface area contributed by atoms with Crippen LogP contribution in [0.5, 0.6) is 0 Å². The zero-order valence-electron chi connectivity index (χ0n) is 20.1. The number of piperidine rings is 1. The molecule has 3 amide bonds. The van der Waals surface area contributed by atoms with Crippen LogP contribution in [0.3, 0.4) is 0 Å². The van der Waals surface area contributed by atoms with Gasteiger partial charge in [-0.05, 0) is 38.8 Å². The summed E-state index contributed by atoms with van der Waals surface area (Å²) in [7, 11) is 1.75. The Kier molecular flexibility index (Phi) is 6.22. The van der Waals surface area contributed by atoms with Crippen LogP contribution in [-0.2, 0) is 7.05 Å². The summed E-state index contributed by atoms with van der Waals surface area (Å²) in [6.07, 6.45) is 3.19. The van der Waals surface area contributed by atoms with Crippen molar-refractivity contribution in [1.82, 2.24) is 45.1 Å². The highest BCUT2D eigenvalue weighted by Crippen LogP contribution is 2.31. The number of fused-ring (bicyclic) bond motifs is 1. The number of aryl methyl sites for hydroxylation is 3. The van der Waals surface area contributed by atoms with Crippen molar-refractivity contribution in [1.29, 1.82) is 0 Å². The van der Waals surface area contributed by atoms with Crippen molar-refractivity contribution >= 4 is 34.7 Å². The molecule has 13 heteroatoms. The molecule has 0 spiro atoms. The zero-order valence-corrected chi connectivity index (χ0v) is 20.9. The first-order valence-corrected chi connectivity index (χ1v) is 12.4. The van der Waals surface area contributed by atoms with E-state index in [0.29, 0.717) is 35.8 Å². The maximum atomic E-state index is 13.1. The van der Waals surface area contributed by atoms with Gasteiger partial charge in [0.15, 0.2) is 11.3 Å². The molecule has 36 heavy (non-hydrogen) atoms. The number of hydrazine groups is 1. The number of hydrogen-bond donors (Lipinski definition) is 2. The summed E-state index contributed by atoms with van der Waals surface area (Å²) in [5.74, 6) is -0.917. The van der Waals surface area contributed by atoms with Crippen LogP contribution >= 0.6 is 11.3 Å². The average molecular weight is 508 g/mol. The van der Waals surface area contributed by atoms with E-state index in [2.05, 4.69) is 31.1 Å². The Bertz CT molecular complexity index is 1460. The minimum Gasteiger partial charge on any atom is -0.347 e. The number of amides is 3. The molecule has 4 aromatic rings. The Balaban J connectivity index is 1.18. The molecule has 0 aliphatic carbocycles. The number of carbonyl (C=O) groups excluding carboxylic acids is 3. The normalized spacial score (nSPS) is 14.2. The third kappa shape index (κ3) is 4.44. The summed E-state index contributed by atoms with van der Waals surface area (Å²) in [6, 6.07) is 5.22. The number of nitrogens with zero attached hydrogens (tertiary/aromatic N) is 7. The predicted octanol–water partition coefficient (Wildman–Crippen LogP) is 1.63. The number of nitrogens with one attached hydrogen (secondary N) is 2. The summed E-state index contributed by atoms with van der Waals surface area (Å²) in [5, 5.41) is 15.2. The highest BCUT2D eigenvalue weighted by molar-refractivity contribution is 7.09. The molecule has 4 aromatic heterocycles. The molecule has 0 saturated carbocycles. The topological polar surface area (TPSA) is 139 Å². The molecular formula is C23H25N9O3S. The fourth-order valence-corrected chi connectivity index (χ4v) is 5.24. The Hall–Kier alpha value is -4.13. The molecule has 0 radical (unpaired) electrons. The second-order valence-electron chi connectivity index (χ2n) is 8.74. The lowest BCUT2D eigenvalue weighted by molar-refractivity contribution is 0.0703. The smallest absolute Gasteiger partial charge is 0.289 e. The molecule has 0 bridgehead atoms. The summed E-state index contributed by atoms with van der Waals surface area (Å²) in [6.45, 7) is 4.79. The van der Waals surface area contributed by atoms with E-state index in [1.165, 1.54) is 11.3 Å². The highest BCUT2D eigenvalue weighted by atomic mass is 32.1. The molecule has 1 saturated heterocycles. The van der Waals surface area contributed by atoms with Crippen LogP contribution in [-0.4, -0.2) is 65.1 Å². The van der Waals surface area contributed by atoms with Crippen molar-refractivity contribution in [2.24, 2.45) is 7.05 Å². The number of carbonyl (C=O) groups is 3. The van der Waals surface area contributed by atoms with Gasteiger partial charge in [0.25, 0.3) is 17.7 Å². The second kappa shape index (κ2) is 9.49. The SMILES string of the molecule is Cc1cc2nnc(C(=O)N3CCC(c4nc(C(=O)NNC(=O)c5cccn5C)cs4)CC3)c(C)n2n1. The molecular weight excluding hydrogens is 482 g/mol. The van der Waals surface area contributed by atoms with Crippen LogP contribution in [0.25, 0.3) is 5.65 Å². The third-order valence-electron chi connectivity index (χ3n) is 6.28. The van der Waals surface area contributed by atoms with Gasteiger partial charge in [0.1, 0.15) is 11.4 Å². The number of aromatic nitrogens is 6. The van der Waals surface area contributed by atoms with E-state index in [1.54, 1.807) is 44.7 Å². The minimum atomic E-state index is -0.481. The molecule has 186 valence electrons. The molecule has 2 N–H and O–H groups in total. The van der Waals surface area contributed by atoms with Gasteiger partial charge in [-0.15, -0.1) is 21.5 Å². The molecule has 5 rings (SSSR count). The summed E-state index contributed by atoms with van der Waals surface area (Å²) in [5.41, 5.74) is 7.88. The van der Waals surface area contributed by atoms with E-state index in [9.17, 15) is 14.4 Å². The van der Waals surface area contributed by atoms with Gasteiger partial charge in [0.2, 0.25) is 0 Å². The van der Waals surface area contributed by atoms with E-state index < -0.39 is 11.8 Å². The van der Waals surface area contributed by atoms with Gasteiger partial charge in [-0.1, -0.05) is 0 Å². The lowest BCUT2D eigenvalue weighted by Gasteiger charge is -2.31. The van der Waals surface area contributed by atoms with Gasteiger partial charge < -0.3 is 9.47 Å². The van der Waals surface area contributed by atoms with Gasteiger partial charge in [-0.2, -0.15) is 5.10 Å². The number of thiazole rings is 1. The molecule has 1 aliphatic heterocycles. The van der Waals surface area contributed by atoms with Crippen LogP contribution in [0.15, 0.2) is 29.8 Å². The molecule has 1 fully saturated rings. The number of likely N-dealkylation sites (tertiary alicyclic amines) is 1. The van der Waals surface area contributed by atoms with E-state index in [-0.39, 0.29) is 17.5 Å². The van der Waals surface area contributed by atoms with Crippen molar-refractivity contribution in [2.75, 3.05) is 13.1 Å². The molecule has 12 nitrogen and oxygen atoms in total. The quantitative estimate of drug-likeness (QED) is 0.400. The van der Waals surface area contributed by atoms with Crippen molar-refractivity contribution in [3.05, 3.63) is 63.3 Å². The first-order chi connectivity index (χ1) is 17.3. The lowest BCUT2D eigenvalue weighted by atomic mass is 9.97. The van der Waals surface area contributed by atoms with Crippen LogP contribution in [0.2, 0.25) is 0 Å². The molecule has 0 aromatic carbocycles. The van der Waals surface area contributed by atoms with Crippen molar-refractivity contribution < 1.29 is 14.4 Å². The average Bonchev–Trinajstić information content (AvgIpc) is 3.62. The molecule has 0 unspecified atom stereocenters. The minimum absolute atomic E-state index is 0.141.